The molecule has 20 heavy (non-hydrogen) atoms. The Kier molecular flexibility index (Phi) is 5.30. The van der Waals surface area contributed by atoms with Gasteiger partial charge in [0, 0.05) is 15.5 Å². The first kappa shape index (κ1) is 16.7. The van der Waals surface area contributed by atoms with Crippen molar-refractivity contribution in [2.45, 2.75) is 25.5 Å². The molecule has 0 fully saturated rings. The maximum absolute atomic E-state index is 11.8. The van der Waals surface area contributed by atoms with Crippen LogP contribution < -0.4 is 5.32 Å². The zero-order chi connectivity index (χ0) is 15.5. The van der Waals surface area contributed by atoms with E-state index in [1.807, 2.05) is 0 Å². The zero-order valence-electron chi connectivity index (χ0n) is 11.4. The molecule has 1 aromatic carbocycles. The summed E-state index contributed by atoms with van der Waals surface area (Å²) < 4.78 is 11.4. The van der Waals surface area contributed by atoms with Crippen LogP contribution in [-0.4, -0.2) is 31.7 Å². The van der Waals surface area contributed by atoms with Crippen LogP contribution in [0.5, 0.6) is 0 Å². The van der Waals surface area contributed by atoms with Crippen molar-refractivity contribution in [3.8, 4) is 0 Å². The molecule has 0 spiro atoms. The Morgan fingerprint density at radius 1 is 1.35 bits per heavy atom. The third-order valence-electron chi connectivity index (χ3n) is 2.43. The van der Waals surface area contributed by atoms with Crippen molar-refractivity contribution in [3.05, 3.63) is 28.8 Å². The Labute approximate surface area is 124 Å². The second-order valence-electron chi connectivity index (χ2n) is 5.15. The summed E-state index contributed by atoms with van der Waals surface area (Å²) in [6.45, 7) is 5.32. The van der Waals surface area contributed by atoms with Gasteiger partial charge in [-0.15, -0.1) is 0 Å². The normalized spacial score (nSPS) is 12.8. The van der Waals surface area contributed by atoms with Gasteiger partial charge in [-0.25, -0.2) is 4.79 Å². The average Bonchev–Trinajstić information content (AvgIpc) is 2.30. The summed E-state index contributed by atoms with van der Waals surface area (Å²) in [6, 6.07) is 4.00. The van der Waals surface area contributed by atoms with Crippen LogP contribution in [0.3, 0.4) is 0 Å². The maximum Gasteiger partial charge on any atom is 0.335 e. The molecule has 0 saturated heterocycles. The fourth-order valence-corrected chi connectivity index (χ4v) is 2.18. The molecule has 0 aliphatic carbocycles. The number of anilines is 1. The van der Waals surface area contributed by atoms with Gasteiger partial charge in [-0.3, -0.25) is 9.00 Å². The third kappa shape index (κ3) is 4.61. The first-order chi connectivity index (χ1) is 9.11. The van der Waals surface area contributed by atoms with E-state index in [9.17, 15) is 13.8 Å². The Morgan fingerprint density at radius 3 is 2.45 bits per heavy atom. The minimum atomic E-state index is -1.33. The Morgan fingerprint density at radius 2 is 1.95 bits per heavy atom. The fraction of sp³-hybridized carbons (Fsp3) is 0.385. The predicted octanol–water partition coefficient (Wildman–Crippen LogP) is 2.52. The molecule has 110 valence electrons. The number of amides is 1. The number of hydrogen-bond acceptors (Lipinski definition) is 3. The molecule has 1 amide bonds. The topological polar surface area (TPSA) is 83.5 Å². The van der Waals surface area contributed by atoms with Crippen molar-refractivity contribution in [2.24, 2.45) is 0 Å². The van der Waals surface area contributed by atoms with E-state index in [1.54, 1.807) is 20.8 Å². The van der Waals surface area contributed by atoms with Crippen molar-refractivity contribution in [1.29, 1.82) is 0 Å². The van der Waals surface area contributed by atoms with E-state index in [2.05, 4.69) is 5.32 Å². The van der Waals surface area contributed by atoms with Crippen molar-refractivity contribution in [1.82, 2.24) is 0 Å². The largest absolute Gasteiger partial charge is 0.478 e. The molecule has 0 bridgehead atoms. The standard InChI is InChI=1S/C13H16ClNO4S/c1-13(2,3)20(19)7-11(16)15-10-6-8(12(17)18)4-5-9(10)14/h4-6H,7H2,1-3H3,(H,15,16)(H,17,18). The number of carboxylic acids is 1. The lowest BCUT2D eigenvalue weighted by Crippen LogP contribution is -2.30. The first-order valence-electron chi connectivity index (χ1n) is 5.82. The molecule has 0 aliphatic rings. The van der Waals surface area contributed by atoms with E-state index >= 15 is 0 Å². The van der Waals surface area contributed by atoms with Gasteiger partial charge >= 0.3 is 5.97 Å². The highest BCUT2D eigenvalue weighted by atomic mass is 35.5. The van der Waals surface area contributed by atoms with Gasteiger partial charge in [0.25, 0.3) is 0 Å². The maximum atomic E-state index is 11.8. The second kappa shape index (κ2) is 6.37. The number of carboxylic acid groups (broad SMARTS) is 1. The van der Waals surface area contributed by atoms with Gasteiger partial charge in [-0.05, 0) is 39.0 Å². The number of halogens is 1. The zero-order valence-corrected chi connectivity index (χ0v) is 13.0. The molecular formula is C13H16ClNO4S. The quantitative estimate of drug-likeness (QED) is 0.893. The van der Waals surface area contributed by atoms with Crippen molar-refractivity contribution >= 4 is 40.0 Å². The van der Waals surface area contributed by atoms with Crippen molar-refractivity contribution in [3.63, 3.8) is 0 Å². The van der Waals surface area contributed by atoms with Crippen LogP contribution in [0.25, 0.3) is 0 Å². The van der Waals surface area contributed by atoms with Gasteiger partial charge in [-0.2, -0.15) is 0 Å². The third-order valence-corrected chi connectivity index (χ3v) is 4.65. The lowest BCUT2D eigenvalue weighted by Gasteiger charge is -2.17. The average molecular weight is 318 g/mol. The summed E-state index contributed by atoms with van der Waals surface area (Å²) in [6.07, 6.45) is 0. The highest BCUT2D eigenvalue weighted by Gasteiger charge is 2.22. The lowest BCUT2D eigenvalue weighted by atomic mass is 10.2. The van der Waals surface area contributed by atoms with Crippen molar-refractivity contribution < 1.29 is 18.9 Å². The molecule has 1 unspecified atom stereocenters. The van der Waals surface area contributed by atoms with Crippen molar-refractivity contribution in [2.75, 3.05) is 11.1 Å². The number of hydrogen-bond donors (Lipinski definition) is 2. The predicted molar refractivity (Wildman–Crippen MR) is 79.8 cm³/mol. The minimum absolute atomic E-state index is 0.0154. The van der Waals surface area contributed by atoms with Gasteiger partial charge in [0.2, 0.25) is 5.91 Å². The van der Waals surface area contributed by atoms with E-state index in [0.29, 0.717) is 0 Å². The smallest absolute Gasteiger partial charge is 0.335 e. The Hall–Kier alpha value is -1.40. The summed E-state index contributed by atoms with van der Waals surface area (Å²) >= 11 is 5.89. The molecule has 1 atom stereocenters. The monoisotopic (exact) mass is 317 g/mol. The van der Waals surface area contributed by atoms with Gasteiger partial charge in [0.15, 0.2) is 0 Å². The lowest BCUT2D eigenvalue weighted by molar-refractivity contribution is -0.113. The van der Waals surface area contributed by atoms with Crippen LogP contribution in [0.2, 0.25) is 5.02 Å². The minimum Gasteiger partial charge on any atom is -0.478 e. The number of nitrogens with one attached hydrogen (secondary N) is 1. The molecule has 0 aliphatic heterocycles. The molecule has 7 heteroatoms. The van der Waals surface area contributed by atoms with E-state index in [-0.39, 0.29) is 22.0 Å². The van der Waals surface area contributed by atoms with Crippen LogP contribution in [0, 0.1) is 0 Å². The first-order valence-corrected chi connectivity index (χ1v) is 7.52. The molecule has 1 rings (SSSR count). The highest BCUT2D eigenvalue weighted by molar-refractivity contribution is 7.87. The van der Waals surface area contributed by atoms with E-state index in [4.69, 9.17) is 16.7 Å². The van der Waals surface area contributed by atoms with Gasteiger partial charge in [-0.1, -0.05) is 11.6 Å². The number of carbonyl (C=O) groups is 2. The SMILES string of the molecule is CC(C)(C)S(=O)CC(=O)Nc1cc(C(=O)O)ccc1Cl. The van der Waals surface area contributed by atoms with Crippen LogP contribution in [0.4, 0.5) is 5.69 Å². The molecule has 0 radical (unpaired) electrons. The van der Waals surface area contributed by atoms with Crippen LogP contribution in [-0.2, 0) is 15.6 Å². The van der Waals surface area contributed by atoms with Crippen LogP contribution >= 0.6 is 11.6 Å². The second-order valence-corrected chi connectivity index (χ2v) is 7.76. The molecule has 5 nitrogen and oxygen atoms in total. The van der Waals surface area contributed by atoms with Gasteiger partial charge < -0.3 is 10.4 Å². The Bertz CT molecular complexity index is 566. The molecular weight excluding hydrogens is 302 g/mol. The summed E-state index contributed by atoms with van der Waals surface area (Å²) in [5.41, 5.74) is 0.212. The summed E-state index contributed by atoms with van der Waals surface area (Å²) in [7, 11) is -1.33. The molecule has 1 aromatic rings. The fourth-order valence-electron chi connectivity index (χ4n) is 1.28. The molecule has 0 aromatic heterocycles. The van der Waals surface area contributed by atoms with Crippen LogP contribution in [0.15, 0.2) is 18.2 Å². The molecule has 2 N–H and O–H groups in total. The van der Waals surface area contributed by atoms with E-state index in [1.165, 1.54) is 18.2 Å². The van der Waals surface area contributed by atoms with E-state index in [0.717, 1.165) is 0 Å². The van der Waals surface area contributed by atoms with E-state index < -0.39 is 27.4 Å². The number of rotatable bonds is 4. The highest BCUT2D eigenvalue weighted by Crippen LogP contribution is 2.23. The number of carbonyl (C=O) groups excluding carboxylic acids is 1. The summed E-state index contributed by atoms with van der Waals surface area (Å²) in [5.74, 6) is -1.75. The Balaban J connectivity index is 2.83. The molecule has 0 heterocycles. The number of benzene rings is 1. The number of aromatic carboxylic acids is 1. The van der Waals surface area contributed by atoms with Crippen LogP contribution in [0.1, 0.15) is 31.1 Å². The van der Waals surface area contributed by atoms with Gasteiger partial charge in [0.1, 0.15) is 5.75 Å². The summed E-state index contributed by atoms with van der Waals surface area (Å²) in [5, 5.41) is 11.6. The van der Waals surface area contributed by atoms with Gasteiger partial charge in [0.05, 0.1) is 16.3 Å². The summed E-state index contributed by atoms with van der Waals surface area (Å²) in [4.78, 5) is 22.6. The molecule has 0 saturated carbocycles.